The van der Waals surface area contributed by atoms with Crippen LogP contribution in [0.25, 0.3) is 10.9 Å². The Labute approximate surface area is 152 Å². The molecule has 0 saturated carbocycles. The number of nitrogens with zero attached hydrogens (tertiary/aromatic N) is 3. The predicted molar refractivity (Wildman–Crippen MR) is 97.8 cm³/mol. The van der Waals surface area contributed by atoms with Gasteiger partial charge in [0.2, 0.25) is 0 Å². The van der Waals surface area contributed by atoms with Gasteiger partial charge in [0.25, 0.3) is 0 Å². The maximum atomic E-state index is 12.3. The molecule has 2 N–H and O–H groups in total. The third-order valence-electron chi connectivity index (χ3n) is 5.84. The normalized spacial score (nSPS) is 25.6. The Kier molecular flexibility index (Phi) is 3.91. The molecule has 2 aliphatic rings. The molecule has 1 aromatic heterocycles. The van der Waals surface area contributed by atoms with E-state index >= 15 is 0 Å². The molecule has 1 aromatic carbocycles. The van der Waals surface area contributed by atoms with E-state index in [1.807, 2.05) is 18.3 Å². The van der Waals surface area contributed by atoms with Crippen molar-refractivity contribution < 1.29 is 14.7 Å². The molecule has 2 amide bonds. The molecule has 138 valence electrons. The first-order chi connectivity index (χ1) is 12.4. The molecule has 2 fully saturated rings. The summed E-state index contributed by atoms with van der Waals surface area (Å²) in [5.74, 6) is -0.826. The zero-order valence-electron chi connectivity index (χ0n) is 15.1. The van der Waals surface area contributed by atoms with Gasteiger partial charge < -0.3 is 19.9 Å². The number of hydrogen-bond acceptors (Lipinski definition) is 3. The second kappa shape index (κ2) is 6.02. The van der Waals surface area contributed by atoms with Crippen LogP contribution in [0.1, 0.15) is 5.56 Å². The van der Waals surface area contributed by atoms with Crippen molar-refractivity contribution in [3.63, 3.8) is 0 Å². The SMILES string of the molecule is CN(C)C(=O)N1C[C@@H]2CN(Cc3cccc4[nH]ccc34)C[C@]2(C(=O)O)C1. The Balaban J connectivity index is 1.54. The van der Waals surface area contributed by atoms with Gasteiger partial charge in [-0.25, -0.2) is 4.79 Å². The minimum absolute atomic E-state index is 0.0330. The number of fused-ring (bicyclic) bond motifs is 2. The van der Waals surface area contributed by atoms with E-state index in [4.69, 9.17) is 0 Å². The van der Waals surface area contributed by atoms with Gasteiger partial charge in [-0.1, -0.05) is 12.1 Å². The summed E-state index contributed by atoms with van der Waals surface area (Å²) in [6.45, 7) is 2.70. The number of aliphatic carboxylic acids is 1. The van der Waals surface area contributed by atoms with Crippen LogP contribution in [0.15, 0.2) is 30.5 Å². The van der Waals surface area contributed by atoms with Gasteiger partial charge in [0.1, 0.15) is 5.41 Å². The largest absolute Gasteiger partial charge is 0.481 e. The van der Waals surface area contributed by atoms with Crippen molar-refractivity contribution in [2.45, 2.75) is 6.54 Å². The van der Waals surface area contributed by atoms with Crippen LogP contribution in [0, 0.1) is 11.3 Å². The maximum Gasteiger partial charge on any atom is 0.319 e. The quantitative estimate of drug-likeness (QED) is 0.877. The summed E-state index contributed by atoms with van der Waals surface area (Å²) < 4.78 is 0. The summed E-state index contributed by atoms with van der Waals surface area (Å²) in [6.07, 6.45) is 1.93. The molecule has 4 rings (SSSR count). The lowest BCUT2D eigenvalue weighted by molar-refractivity contribution is -0.148. The van der Waals surface area contributed by atoms with E-state index in [9.17, 15) is 14.7 Å². The smallest absolute Gasteiger partial charge is 0.319 e. The lowest BCUT2D eigenvalue weighted by atomic mass is 9.81. The molecule has 26 heavy (non-hydrogen) atoms. The fourth-order valence-corrected chi connectivity index (χ4v) is 4.55. The minimum Gasteiger partial charge on any atom is -0.481 e. The van der Waals surface area contributed by atoms with Gasteiger partial charge >= 0.3 is 12.0 Å². The first-order valence-electron chi connectivity index (χ1n) is 8.88. The van der Waals surface area contributed by atoms with Crippen molar-refractivity contribution in [1.82, 2.24) is 19.7 Å². The maximum absolute atomic E-state index is 12.3. The van der Waals surface area contributed by atoms with Crippen LogP contribution in [-0.4, -0.2) is 77.1 Å². The molecule has 2 aromatic rings. The van der Waals surface area contributed by atoms with Gasteiger partial charge in [-0.05, 0) is 17.7 Å². The number of nitrogens with one attached hydrogen (secondary N) is 1. The standard InChI is InChI=1S/C19H24N4O3/c1-21(2)18(26)23-10-14-9-22(11-19(14,12-23)17(24)25)8-13-4-3-5-16-15(13)6-7-20-16/h3-7,14,20H,8-12H2,1-2H3,(H,24,25)/t14-,19-/m0/s1. The molecule has 2 saturated heterocycles. The van der Waals surface area contributed by atoms with Crippen LogP contribution < -0.4 is 0 Å². The first kappa shape index (κ1) is 16.9. The Morgan fingerprint density at radius 3 is 2.77 bits per heavy atom. The number of benzene rings is 1. The van der Waals surface area contributed by atoms with Gasteiger partial charge in [0, 0.05) is 69.8 Å². The highest BCUT2D eigenvalue weighted by Crippen LogP contribution is 2.43. The number of rotatable bonds is 3. The number of likely N-dealkylation sites (tertiary alicyclic amines) is 2. The molecule has 2 atom stereocenters. The van der Waals surface area contributed by atoms with E-state index in [1.54, 1.807) is 19.0 Å². The summed E-state index contributed by atoms with van der Waals surface area (Å²) in [4.78, 5) is 33.0. The van der Waals surface area contributed by atoms with Gasteiger partial charge in [-0.3, -0.25) is 9.69 Å². The highest BCUT2D eigenvalue weighted by molar-refractivity contribution is 5.83. The van der Waals surface area contributed by atoms with E-state index in [0.717, 1.165) is 12.1 Å². The van der Waals surface area contributed by atoms with Gasteiger partial charge in [-0.2, -0.15) is 0 Å². The van der Waals surface area contributed by atoms with Gasteiger partial charge in [0.05, 0.1) is 0 Å². The number of urea groups is 1. The summed E-state index contributed by atoms with van der Waals surface area (Å²) in [7, 11) is 3.40. The second-order valence-corrected chi connectivity index (χ2v) is 7.74. The molecule has 0 unspecified atom stereocenters. The Morgan fingerprint density at radius 1 is 1.27 bits per heavy atom. The summed E-state index contributed by atoms with van der Waals surface area (Å²) in [5, 5.41) is 11.1. The number of H-pyrrole nitrogens is 1. The molecule has 3 heterocycles. The zero-order valence-corrected chi connectivity index (χ0v) is 15.1. The number of carbonyl (C=O) groups excluding carboxylic acids is 1. The van der Waals surface area contributed by atoms with Gasteiger partial charge in [0.15, 0.2) is 0 Å². The number of aromatic amines is 1. The number of amides is 2. The van der Waals surface area contributed by atoms with E-state index in [0.29, 0.717) is 19.6 Å². The third kappa shape index (κ3) is 2.54. The van der Waals surface area contributed by atoms with Crippen molar-refractivity contribution in [2.24, 2.45) is 11.3 Å². The second-order valence-electron chi connectivity index (χ2n) is 7.74. The molecule has 7 heteroatoms. The van der Waals surface area contributed by atoms with Crippen LogP contribution >= 0.6 is 0 Å². The van der Waals surface area contributed by atoms with Crippen molar-refractivity contribution in [1.29, 1.82) is 0 Å². The number of carboxylic acid groups (broad SMARTS) is 1. The molecular formula is C19H24N4O3. The van der Waals surface area contributed by atoms with Crippen molar-refractivity contribution in [3.05, 3.63) is 36.0 Å². The van der Waals surface area contributed by atoms with E-state index in [2.05, 4.69) is 22.0 Å². The lowest BCUT2D eigenvalue weighted by Gasteiger charge is -2.27. The topological polar surface area (TPSA) is 79.9 Å². The highest BCUT2D eigenvalue weighted by atomic mass is 16.4. The fraction of sp³-hybridized carbons (Fsp3) is 0.474. The number of hydrogen-bond donors (Lipinski definition) is 2. The Hall–Kier alpha value is -2.54. The van der Waals surface area contributed by atoms with Crippen molar-refractivity contribution in [3.8, 4) is 0 Å². The van der Waals surface area contributed by atoms with Crippen LogP contribution in [0.4, 0.5) is 4.79 Å². The molecule has 0 bridgehead atoms. The van der Waals surface area contributed by atoms with Crippen molar-refractivity contribution in [2.75, 3.05) is 40.3 Å². The molecule has 0 aliphatic carbocycles. The highest BCUT2D eigenvalue weighted by Gasteiger charge is 2.58. The average molecular weight is 356 g/mol. The fourth-order valence-electron chi connectivity index (χ4n) is 4.55. The molecular weight excluding hydrogens is 332 g/mol. The molecule has 0 spiro atoms. The zero-order chi connectivity index (χ0) is 18.5. The summed E-state index contributed by atoms with van der Waals surface area (Å²) in [6, 6.07) is 8.12. The van der Waals surface area contributed by atoms with Gasteiger partial charge in [-0.15, -0.1) is 0 Å². The van der Waals surface area contributed by atoms with E-state index in [1.165, 1.54) is 15.8 Å². The number of aromatic nitrogens is 1. The monoisotopic (exact) mass is 356 g/mol. The number of carboxylic acids is 1. The average Bonchev–Trinajstić information content (AvgIpc) is 3.26. The van der Waals surface area contributed by atoms with Crippen LogP contribution in [0.5, 0.6) is 0 Å². The van der Waals surface area contributed by atoms with Crippen molar-refractivity contribution >= 4 is 22.9 Å². The minimum atomic E-state index is -0.863. The molecule has 0 radical (unpaired) electrons. The van der Waals surface area contributed by atoms with Crippen LogP contribution in [0.2, 0.25) is 0 Å². The van der Waals surface area contributed by atoms with E-state index < -0.39 is 11.4 Å². The summed E-state index contributed by atoms with van der Waals surface area (Å²) >= 11 is 0. The Morgan fingerprint density at radius 2 is 2.08 bits per heavy atom. The molecule has 2 aliphatic heterocycles. The third-order valence-corrected chi connectivity index (χ3v) is 5.84. The first-order valence-corrected chi connectivity index (χ1v) is 8.88. The van der Waals surface area contributed by atoms with Crippen LogP contribution in [0.3, 0.4) is 0 Å². The number of carbonyl (C=O) groups is 2. The van der Waals surface area contributed by atoms with E-state index in [-0.39, 0.29) is 18.5 Å². The molecule has 7 nitrogen and oxygen atoms in total. The predicted octanol–water partition coefficient (Wildman–Crippen LogP) is 1.67. The lowest BCUT2D eigenvalue weighted by Crippen LogP contribution is -2.44. The Bertz CT molecular complexity index is 861. The summed E-state index contributed by atoms with van der Waals surface area (Å²) in [5.41, 5.74) is 1.43. The van der Waals surface area contributed by atoms with Crippen LogP contribution in [-0.2, 0) is 11.3 Å².